The maximum absolute atomic E-state index is 4.00. The van der Waals surface area contributed by atoms with Crippen LogP contribution in [-0.4, -0.2) is 25.0 Å². The van der Waals surface area contributed by atoms with Crippen LogP contribution >= 0.6 is 20.4 Å². The summed E-state index contributed by atoms with van der Waals surface area (Å²) < 4.78 is 2.50. The summed E-state index contributed by atoms with van der Waals surface area (Å²) in [6.07, 6.45) is 9.08. The molecule has 0 aliphatic rings. The van der Waals surface area contributed by atoms with Gasteiger partial charge < -0.3 is 0 Å². The number of hydrogen-bond acceptors (Lipinski definition) is 1. The molecule has 1 aromatic rings. The maximum Gasteiger partial charge on any atom is 0.0564 e. The van der Waals surface area contributed by atoms with Crippen molar-refractivity contribution in [3.05, 3.63) is 54.3 Å². The summed E-state index contributed by atoms with van der Waals surface area (Å²) in [6, 6.07) is 10.5. The van der Waals surface area contributed by atoms with E-state index in [-0.39, 0.29) is 0 Å². The van der Waals surface area contributed by atoms with Crippen molar-refractivity contribution >= 4 is 26.1 Å². The van der Waals surface area contributed by atoms with Gasteiger partial charge in [-0.1, -0.05) is 31.4 Å². The Morgan fingerprint density at radius 3 is 1.65 bits per heavy atom. The molecule has 0 N–H and O–H groups in total. The van der Waals surface area contributed by atoms with Gasteiger partial charge in [-0.25, -0.2) is 0 Å². The zero-order valence-corrected chi connectivity index (χ0v) is 12.9. The molecule has 1 rings (SSSR count). The van der Waals surface area contributed by atoms with E-state index in [9.17, 15) is 0 Å². The zero-order valence-electron chi connectivity index (χ0n) is 11.2. The van der Waals surface area contributed by atoms with Crippen LogP contribution in [0.3, 0.4) is 0 Å². The highest BCUT2D eigenvalue weighted by molar-refractivity contribution is 8.51. The van der Waals surface area contributed by atoms with E-state index in [4.69, 9.17) is 0 Å². The Morgan fingerprint density at radius 2 is 1.29 bits per heavy atom. The smallest absolute Gasteiger partial charge is 0.0564 e. The van der Waals surface area contributed by atoms with Crippen molar-refractivity contribution in [1.29, 1.82) is 0 Å². The van der Waals surface area contributed by atoms with Gasteiger partial charge in [0.1, 0.15) is 0 Å². The summed E-state index contributed by atoms with van der Waals surface area (Å²) in [6.45, 7) is 8.00. The molecule has 0 atom stereocenters. The van der Waals surface area contributed by atoms with E-state index in [1.165, 1.54) is 5.69 Å². The van der Waals surface area contributed by atoms with E-state index in [1.807, 2.05) is 6.07 Å². The average molecular weight is 269 g/mol. The Bertz CT molecular complexity index is 376. The standard InChI is InChI=1S/C14H23NS2/c1-7-16(3,4)15(17(5,6)8-2)14-12-10-9-11-13-14/h7-13H,1-2H2,3-6H3. The Labute approximate surface area is 109 Å². The molecule has 1 nitrogen and oxygen atoms in total. The lowest BCUT2D eigenvalue weighted by molar-refractivity contribution is 1.56. The fraction of sp³-hybridized carbons (Fsp3) is 0.286. The maximum atomic E-state index is 4.00. The molecule has 0 radical (unpaired) electrons. The largest absolute Gasteiger partial charge is 0.291 e. The molecule has 0 fully saturated rings. The van der Waals surface area contributed by atoms with Crippen molar-refractivity contribution in [1.82, 2.24) is 0 Å². The molecular formula is C14H23NS2. The molecule has 17 heavy (non-hydrogen) atoms. The molecule has 1 aromatic carbocycles. The first-order valence-corrected chi connectivity index (χ1v) is 10.4. The molecule has 96 valence electrons. The molecule has 0 saturated heterocycles. The van der Waals surface area contributed by atoms with Gasteiger partial charge in [0.05, 0.1) is 5.69 Å². The monoisotopic (exact) mass is 269 g/mol. The van der Waals surface area contributed by atoms with Crippen molar-refractivity contribution in [3.63, 3.8) is 0 Å². The van der Waals surface area contributed by atoms with Gasteiger partial charge in [0.2, 0.25) is 0 Å². The van der Waals surface area contributed by atoms with E-state index in [2.05, 4.69) is 77.0 Å². The Hall–Kier alpha value is -0.800. The number of benzene rings is 1. The molecule has 0 amide bonds. The minimum absolute atomic E-state index is 1.02. The Balaban J connectivity index is 3.31. The molecule has 0 bridgehead atoms. The van der Waals surface area contributed by atoms with E-state index >= 15 is 0 Å². The first kappa shape index (κ1) is 14.3. The minimum Gasteiger partial charge on any atom is -0.291 e. The average Bonchev–Trinajstić information content (AvgIpc) is 2.30. The molecule has 0 aliphatic heterocycles. The summed E-state index contributed by atoms with van der Waals surface area (Å²) in [5.41, 5.74) is 1.26. The van der Waals surface area contributed by atoms with Gasteiger partial charge in [-0.2, -0.15) is 0 Å². The lowest BCUT2D eigenvalue weighted by Gasteiger charge is -2.53. The summed E-state index contributed by atoms with van der Waals surface area (Å²) >= 11 is 0. The van der Waals surface area contributed by atoms with Gasteiger partial charge >= 0.3 is 0 Å². The van der Waals surface area contributed by atoms with Crippen LogP contribution < -0.4 is 3.71 Å². The van der Waals surface area contributed by atoms with Gasteiger partial charge in [-0.15, -0.1) is 20.4 Å². The highest BCUT2D eigenvalue weighted by Gasteiger charge is 2.27. The fourth-order valence-corrected chi connectivity index (χ4v) is 7.65. The van der Waals surface area contributed by atoms with E-state index in [0.717, 1.165) is 0 Å². The van der Waals surface area contributed by atoms with Gasteiger partial charge in [0.25, 0.3) is 0 Å². The first-order chi connectivity index (χ1) is 7.85. The number of anilines is 1. The molecular weight excluding hydrogens is 246 g/mol. The van der Waals surface area contributed by atoms with Crippen LogP contribution in [0.1, 0.15) is 0 Å². The van der Waals surface area contributed by atoms with E-state index in [0.29, 0.717) is 0 Å². The van der Waals surface area contributed by atoms with Crippen LogP contribution in [0.4, 0.5) is 5.69 Å². The van der Waals surface area contributed by atoms with Crippen LogP contribution in [0.15, 0.2) is 54.3 Å². The minimum atomic E-state index is -1.02. The second kappa shape index (κ2) is 5.23. The van der Waals surface area contributed by atoms with E-state index in [1.54, 1.807) is 0 Å². The van der Waals surface area contributed by atoms with Gasteiger partial charge in [0.15, 0.2) is 0 Å². The summed E-state index contributed by atoms with van der Waals surface area (Å²) in [4.78, 5) is 0. The molecule has 0 unspecified atom stereocenters. The zero-order chi connectivity index (χ0) is 13.1. The number of rotatable bonds is 5. The van der Waals surface area contributed by atoms with E-state index < -0.39 is 20.4 Å². The molecule has 0 aromatic heterocycles. The molecule has 0 aliphatic carbocycles. The SMILES string of the molecule is C=CS(C)(C)N(c1ccccc1)S(C)(C)C=C. The third-order valence-electron chi connectivity index (χ3n) is 2.64. The third kappa shape index (κ3) is 3.11. The predicted molar refractivity (Wildman–Crippen MR) is 88.2 cm³/mol. The summed E-state index contributed by atoms with van der Waals surface area (Å²) in [5.74, 6) is 0. The van der Waals surface area contributed by atoms with Crippen LogP contribution in [0.2, 0.25) is 0 Å². The lowest BCUT2D eigenvalue weighted by Crippen LogP contribution is -2.26. The number of nitrogens with zero attached hydrogens (tertiary/aromatic N) is 1. The molecule has 3 heteroatoms. The Morgan fingerprint density at radius 1 is 0.882 bits per heavy atom. The quantitative estimate of drug-likeness (QED) is 0.746. The van der Waals surface area contributed by atoms with Gasteiger partial charge in [0, 0.05) is 0 Å². The van der Waals surface area contributed by atoms with Crippen LogP contribution in [0.25, 0.3) is 0 Å². The second-order valence-corrected chi connectivity index (χ2v) is 11.7. The fourth-order valence-electron chi connectivity index (χ4n) is 1.72. The van der Waals surface area contributed by atoms with Crippen LogP contribution in [0, 0.1) is 0 Å². The van der Waals surface area contributed by atoms with Crippen molar-refractivity contribution in [3.8, 4) is 0 Å². The summed E-state index contributed by atoms with van der Waals surface area (Å²) in [7, 11) is -2.04. The highest BCUT2D eigenvalue weighted by atomic mass is 32.3. The normalized spacial score (nSPS) is 13.9. The van der Waals surface area contributed by atoms with Gasteiger partial charge in [-0.3, -0.25) is 3.71 Å². The third-order valence-corrected chi connectivity index (χ3v) is 8.71. The van der Waals surface area contributed by atoms with Crippen LogP contribution in [0.5, 0.6) is 0 Å². The first-order valence-electron chi connectivity index (χ1n) is 5.42. The van der Waals surface area contributed by atoms with Crippen molar-refractivity contribution < 1.29 is 0 Å². The molecule has 0 saturated carbocycles. The number of para-hydroxylation sites is 1. The van der Waals surface area contributed by atoms with Gasteiger partial charge in [-0.05, 0) is 48.0 Å². The topological polar surface area (TPSA) is 3.24 Å². The summed E-state index contributed by atoms with van der Waals surface area (Å²) in [5, 5.41) is 4.16. The second-order valence-electron chi connectivity index (χ2n) is 4.63. The lowest BCUT2D eigenvalue weighted by atomic mass is 10.3. The molecule has 0 heterocycles. The predicted octanol–water partition coefficient (Wildman–Crippen LogP) is 4.74. The number of hydrogen-bond donors (Lipinski definition) is 0. The Kier molecular flexibility index (Phi) is 4.39. The highest BCUT2D eigenvalue weighted by Crippen LogP contribution is 2.63. The molecule has 0 spiro atoms. The van der Waals surface area contributed by atoms with Crippen molar-refractivity contribution in [2.75, 3.05) is 28.7 Å². The van der Waals surface area contributed by atoms with Crippen LogP contribution in [-0.2, 0) is 0 Å². The van der Waals surface area contributed by atoms with Crippen molar-refractivity contribution in [2.45, 2.75) is 0 Å². The van der Waals surface area contributed by atoms with Crippen molar-refractivity contribution in [2.24, 2.45) is 0 Å².